The number of thiazole rings is 2. The Kier molecular flexibility index (Phi) is 5.65. The monoisotopic (exact) mass is 598 g/mol. The van der Waals surface area contributed by atoms with Gasteiger partial charge in [-0.2, -0.15) is 0 Å². The van der Waals surface area contributed by atoms with Crippen LogP contribution in [0.3, 0.4) is 0 Å². The molecule has 2 aromatic heterocycles. The van der Waals surface area contributed by atoms with Crippen molar-refractivity contribution in [1.29, 1.82) is 0 Å². The average Bonchev–Trinajstić information content (AvgIpc) is 3.64. The molecule has 0 spiro atoms. The van der Waals surface area contributed by atoms with Gasteiger partial charge in [0, 0.05) is 28.6 Å². The largest absolute Gasteiger partial charge is 0.507 e. The maximum absolute atomic E-state index is 13.4. The minimum Gasteiger partial charge on any atom is -0.507 e. The number of aromatic nitrogens is 2. The maximum atomic E-state index is 13.4. The summed E-state index contributed by atoms with van der Waals surface area (Å²) in [5.41, 5.74) is 4.18. The summed E-state index contributed by atoms with van der Waals surface area (Å²) in [6.45, 7) is 0. The molecule has 206 valence electrons. The fraction of sp³-hybridized carbons (Fsp3) is 0. The number of carboxylic acids is 1. The lowest BCUT2D eigenvalue weighted by molar-refractivity contribution is 0.0697. The Morgan fingerprint density at radius 2 is 1.33 bits per heavy atom. The molecule has 0 radical (unpaired) electrons. The van der Waals surface area contributed by atoms with Crippen LogP contribution >= 0.6 is 22.7 Å². The molecule has 8 rings (SSSR count). The van der Waals surface area contributed by atoms with Crippen LogP contribution in [0.15, 0.2) is 106 Å². The molecule has 0 atom stereocenters. The first kappa shape index (κ1) is 25.3. The average molecular weight is 599 g/mol. The Labute approximate surface area is 250 Å². The van der Waals surface area contributed by atoms with Crippen LogP contribution in [-0.2, 0) is 0 Å². The van der Waals surface area contributed by atoms with Crippen LogP contribution in [-0.4, -0.2) is 26.2 Å². The van der Waals surface area contributed by atoms with Crippen molar-refractivity contribution in [2.24, 2.45) is 0 Å². The Morgan fingerprint density at radius 1 is 0.698 bits per heavy atom. The fourth-order valence-corrected chi connectivity index (χ4v) is 7.42. The highest BCUT2D eigenvalue weighted by molar-refractivity contribution is 7.22. The van der Waals surface area contributed by atoms with Gasteiger partial charge in [0.1, 0.15) is 27.1 Å². The second-order valence-electron chi connectivity index (χ2n) is 10.0. The highest BCUT2D eigenvalue weighted by Gasteiger charge is 2.25. The minimum atomic E-state index is -1.09. The highest BCUT2D eigenvalue weighted by Crippen LogP contribution is 2.46. The molecule has 0 amide bonds. The summed E-state index contributed by atoms with van der Waals surface area (Å²) in [6.07, 6.45) is 0. The van der Waals surface area contributed by atoms with E-state index in [1.165, 1.54) is 34.8 Å². The van der Waals surface area contributed by atoms with Gasteiger partial charge in [-0.15, -0.1) is 22.7 Å². The van der Waals surface area contributed by atoms with Gasteiger partial charge in [-0.05, 0) is 48.0 Å². The van der Waals surface area contributed by atoms with Crippen molar-refractivity contribution in [2.75, 3.05) is 0 Å². The topological polar surface area (TPSA) is 114 Å². The molecule has 43 heavy (non-hydrogen) atoms. The van der Waals surface area contributed by atoms with Gasteiger partial charge in [-0.3, -0.25) is 4.79 Å². The zero-order valence-corrected chi connectivity index (χ0v) is 23.7. The molecule has 0 bridgehead atoms. The summed E-state index contributed by atoms with van der Waals surface area (Å²) >= 11 is 2.86. The number of benzene rings is 5. The van der Waals surface area contributed by atoms with Gasteiger partial charge < -0.3 is 14.6 Å². The van der Waals surface area contributed by atoms with Gasteiger partial charge in [-0.1, -0.05) is 42.5 Å². The number of hydrogen-bond acceptors (Lipinski definition) is 8. The lowest BCUT2D eigenvalue weighted by Crippen LogP contribution is -2.07. The Morgan fingerprint density at radius 3 is 2.00 bits per heavy atom. The quantitative estimate of drug-likeness (QED) is 0.195. The van der Waals surface area contributed by atoms with Gasteiger partial charge in [0.05, 0.1) is 37.1 Å². The molecule has 0 saturated heterocycles. The summed E-state index contributed by atoms with van der Waals surface area (Å²) < 4.78 is 8.15. The van der Waals surface area contributed by atoms with Crippen LogP contribution in [0.25, 0.3) is 75.0 Å². The Bertz CT molecular complexity index is 2370. The van der Waals surface area contributed by atoms with Gasteiger partial charge in [0.25, 0.3) is 0 Å². The predicted molar refractivity (Wildman–Crippen MR) is 170 cm³/mol. The van der Waals surface area contributed by atoms with Crippen LogP contribution in [0.2, 0.25) is 0 Å². The molecule has 7 nitrogen and oxygen atoms in total. The molecule has 6 aromatic rings. The van der Waals surface area contributed by atoms with Crippen molar-refractivity contribution in [3.63, 3.8) is 0 Å². The van der Waals surface area contributed by atoms with E-state index in [0.29, 0.717) is 48.8 Å². The van der Waals surface area contributed by atoms with Crippen LogP contribution in [0.4, 0.5) is 0 Å². The molecule has 3 heterocycles. The normalized spacial score (nSPS) is 11.6. The van der Waals surface area contributed by atoms with Gasteiger partial charge in [0.2, 0.25) is 0 Å². The third-order valence-corrected chi connectivity index (χ3v) is 9.55. The molecule has 0 unspecified atom stereocenters. The minimum absolute atomic E-state index is 0.0411. The number of carboxylic acid groups (broad SMARTS) is 1. The van der Waals surface area contributed by atoms with Crippen LogP contribution < -0.4 is 5.43 Å². The van der Waals surface area contributed by atoms with Crippen molar-refractivity contribution < 1.29 is 19.4 Å². The second-order valence-corrected chi connectivity index (χ2v) is 12.1. The SMILES string of the molecule is O=C(O)c1ccccc1-c1c2cc(-c3nc4ccccc4s3)c(=O)cc-2oc2cc(O)c(-c3nc4ccccc4s3)cc12. The molecular weight excluding hydrogens is 581 g/mol. The van der Waals surface area contributed by atoms with Gasteiger partial charge in [-0.25, -0.2) is 14.8 Å². The number of rotatable bonds is 4. The summed E-state index contributed by atoms with van der Waals surface area (Å²) in [7, 11) is 0. The van der Waals surface area contributed by atoms with E-state index in [2.05, 4.69) is 0 Å². The number of phenolic OH excluding ortho intramolecular Hbond substituents is 1. The van der Waals surface area contributed by atoms with E-state index >= 15 is 0 Å². The van der Waals surface area contributed by atoms with Crippen molar-refractivity contribution in [1.82, 2.24) is 9.97 Å². The molecular formula is C34H18N2O5S2. The molecule has 2 aliphatic rings. The van der Waals surface area contributed by atoms with E-state index < -0.39 is 5.97 Å². The fourth-order valence-electron chi connectivity index (χ4n) is 5.44. The van der Waals surface area contributed by atoms with E-state index in [1.54, 1.807) is 36.4 Å². The van der Waals surface area contributed by atoms with E-state index in [0.717, 1.165) is 20.4 Å². The summed E-state index contributed by atoms with van der Waals surface area (Å²) in [5, 5.41) is 23.0. The second kappa shape index (κ2) is 9.59. The molecule has 0 fully saturated rings. The van der Waals surface area contributed by atoms with Gasteiger partial charge in [0.15, 0.2) is 5.43 Å². The molecule has 0 saturated carbocycles. The number of para-hydroxylation sites is 2. The number of phenols is 1. The number of hydrogen-bond donors (Lipinski definition) is 2. The number of aromatic carboxylic acids is 1. The molecule has 9 heteroatoms. The zero-order valence-electron chi connectivity index (χ0n) is 22.1. The first-order valence-corrected chi connectivity index (χ1v) is 14.9. The Balaban J connectivity index is 1.48. The number of fused-ring (bicyclic) bond motifs is 4. The first-order valence-electron chi connectivity index (χ1n) is 13.3. The summed E-state index contributed by atoms with van der Waals surface area (Å²) in [6, 6.07) is 28.5. The molecule has 1 aliphatic carbocycles. The number of aromatic hydroxyl groups is 1. The zero-order chi connectivity index (χ0) is 29.2. The maximum Gasteiger partial charge on any atom is 0.336 e. The van der Waals surface area contributed by atoms with E-state index in [-0.39, 0.29) is 22.5 Å². The van der Waals surface area contributed by atoms with Crippen LogP contribution in [0, 0.1) is 0 Å². The van der Waals surface area contributed by atoms with Crippen molar-refractivity contribution in [3.8, 4) is 49.3 Å². The number of nitrogens with zero attached hydrogens (tertiary/aromatic N) is 2. The van der Waals surface area contributed by atoms with Crippen LogP contribution in [0.1, 0.15) is 10.4 Å². The predicted octanol–water partition coefficient (Wildman–Crippen LogP) is 8.52. The molecule has 4 aromatic carbocycles. The first-order chi connectivity index (χ1) is 20.9. The highest BCUT2D eigenvalue weighted by atomic mass is 32.1. The van der Waals surface area contributed by atoms with Crippen molar-refractivity contribution in [2.45, 2.75) is 0 Å². The summed E-state index contributed by atoms with van der Waals surface area (Å²) in [5.74, 6) is -0.861. The van der Waals surface area contributed by atoms with Crippen LogP contribution in [0.5, 0.6) is 5.75 Å². The number of carbonyl (C=O) groups is 1. The third-order valence-electron chi connectivity index (χ3n) is 7.41. The lowest BCUT2D eigenvalue weighted by atomic mass is 9.89. The van der Waals surface area contributed by atoms with Crippen molar-refractivity contribution >= 4 is 60.0 Å². The smallest absolute Gasteiger partial charge is 0.336 e. The van der Waals surface area contributed by atoms with E-state index in [9.17, 15) is 19.8 Å². The lowest BCUT2D eigenvalue weighted by Gasteiger charge is -2.18. The Hall–Kier alpha value is -5.38. The van der Waals surface area contributed by atoms with E-state index in [1.807, 2.05) is 48.5 Å². The molecule has 1 aliphatic heterocycles. The third kappa shape index (κ3) is 4.09. The standard InChI is InChI=1S/C34H18N2O5S2/c37-25-15-27-21(13-19(25)32-35-23-9-3-5-11-29(23)42-32)31(17-7-1-2-8-18(17)34(39)40)22-14-20(26(38)16-28(22)41-27)33-36-24-10-4-6-12-30(24)43-33/h1-16,37H,(H,39,40). The van der Waals surface area contributed by atoms with Crippen molar-refractivity contribution in [3.05, 3.63) is 113 Å². The summed E-state index contributed by atoms with van der Waals surface area (Å²) in [4.78, 5) is 35.3. The molecule has 2 N–H and O–H groups in total. The van der Waals surface area contributed by atoms with E-state index in [4.69, 9.17) is 14.4 Å². The van der Waals surface area contributed by atoms with Gasteiger partial charge >= 0.3 is 5.97 Å².